The SMILES string of the molecule is CNC(=O)CN(C)C(=O)COC(=O)CN1C(=O)N[C@@](C)(c2ccccc2)C1=O. The topological polar surface area (TPSA) is 125 Å². The quantitative estimate of drug-likeness (QED) is 0.464. The van der Waals surface area contributed by atoms with E-state index >= 15 is 0 Å². The number of hydrogen-bond donors (Lipinski definition) is 2. The van der Waals surface area contributed by atoms with Crippen LogP contribution in [0.5, 0.6) is 0 Å². The lowest BCUT2D eigenvalue weighted by atomic mass is 9.92. The number of nitrogens with one attached hydrogen (secondary N) is 2. The van der Waals surface area contributed by atoms with Gasteiger partial charge in [-0.2, -0.15) is 0 Å². The Morgan fingerprint density at radius 1 is 1.21 bits per heavy atom. The zero-order valence-electron chi connectivity index (χ0n) is 15.9. The van der Waals surface area contributed by atoms with Crippen LogP contribution in [0, 0.1) is 0 Å². The molecular formula is C18H22N4O6. The molecule has 1 aliphatic rings. The second-order valence-corrected chi connectivity index (χ2v) is 6.40. The van der Waals surface area contributed by atoms with Crippen molar-refractivity contribution in [3.63, 3.8) is 0 Å². The molecule has 2 rings (SSSR count). The molecule has 10 heteroatoms. The van der Waals surface area contributed by atoms with Crippen molar-refractivity contribution in [2.24, 2.45) is 0 Å². The summed E-state index contributed by atoms with van der Waals surface area (Å²) in [5.74, 6) is -2.48. The van der Waals surface area contributed by atoms with Crippen molar-refractivity contribution in [1.29, 1.82) is 0 Å². The van der Waals surface area contributed by atoms with E-state index in [9.17, 15) is 24.0 Å². The molecule has 10 nitrogen and oxygen atoms in total. The second kappa shape index (κ2) is 8.51. The molecule has 150 valence electrons. The number of hydrogen-bond acceptors (Lipinski definition) is 6. The summed E-state index contributed by atoms with van der Waals surface area (Å²) in [5.41, 5.74) is -0.711. The minimum absolute atomic E-state index is 0.185. The van der Waals surface area contributed by atoms with Crippen LogP contribution in [0.1, 0.15) is 12.5 Å². The summed E-state index contributed by atoms with van der Waals surface area (Å²) in [5, 5.41) is 4.94. The molecule has 1 heterocycles. The molecule has 1 aromatic carbocycles. The molecule has 1 aliphatic heterocycles. The summed E-state index contributed by atoms with van der Waals surface area (Å²) < 4.78 is 4.84. The van der Waals surface area contributed by atoms with Crippen LogP contribution in [0.4, 0.5) is 4.79 Å². The third kappa shape index (κ3) is 4.45. The van der Waals surface area contributed by atoms with E-state index in [4.69, 9.17) is 4.74 Å². The first-order valence-corrected chi connectivity index (χ1v) is 8.49. The molecule has 0 bridgehead atoms. The number of rotatable bonds is 7. The first kappa shape index (κ1) is 20.9. The van der Waals surface area contributed by atoms with Gasteiger partial charge in [0, 0.05) is 14.1 Å². The molecule has 28 heavy (non-hydrogen) atoms. The van der Waals surface area contributed by atoms with Crippen molar-refractivity contribution in [2.75, 3.05) is 33.8 Å². The number of benzene rings is 1. The van der Waals surface area contributed by atoms with Crippen molar-refractivity contribution in [1.82, 2.24) is 20.4 Å². The lowest BCUT2D eigenvalue weighted by molar-refractivity contribution is -0.153. The second-order valence-electron chi connectivity index (χ2n) is 6.40. The van der Waals surface area contributed by atoms with Gasteiger partial charge >= 0.3 is 12.0 Å². The highest BCUT2D eigenvalue weighted by atomic mass is 16.5. The Morgan fingerprint density at radius 3 is 2.46 bits per heavy atom. The molecule has 1 fully saturated rings. The van der Waals surface area contributed by atoms with Crippen LogP contribution >= 0.6 is 0 Å². The Morgan fingerprint density at radius 2 is 1.86 bits per heavy atom. The molecular weight excluding hydrogens is 368 g/mol. The standard InChI is InChI=1S/C18H22N4O6/c1-18(12-7-5-4-6-8-12)16(26)22(17(27)20-18)10-15(25)28-11-14(24)21(3)9-13(23)19-2/h4-8H,9-11H2,1-3H3,(H,19,23)(H,20,27)/t18-/m0/s1. The molecule has 1 saturated heterocycles. The number of nitrogens with zero attached hydrogens (tertiary/aromatic N) is 2. The molecule has 0 spiro atoms. The number of esters is 1. The number of carbonyl (C=O) groups is 5. The van der Waals surface area contributed by atoms with Crippen LogP contribution in [0.15, 0.2) is 30.3 Å². The van der Waals surface area contributed by atoms with Gasteiger partial charge in [-0.15, -0.1) is 0 Å². The monoisotopic (exact) mass is 390 g/mol. The summed E-state index contributed by atoms with van der Waals surface area (Å²) in [6.45, 7) is 0.131. The molecule has 2 N–H and O–H groups in total. The van der Waals surface area contributed by atoms with Gasteiger partial charge in [0.25, 0.3) is 11.8 Å². The Hall–Kier alpha value is -3.43. The fraction of sp³-hybridized carbons (Fsp3) is 0.389. The Kier molecular flexibility index (Phi) is 6.34. The average Bonchev–Trinajstić information content (AvgIpc) is 2.90. The largest absolute Gasteiger partial charge is 0.454 e. The summed E-state index contributed by atoms with van der Waals surface area (Å²) in [6.07, 6.45) is 0. The van der Waals surface area contributed by atoms with Gasteiger partial charge in [0.05, 0.1) is 6.54 Å². The van der Waals surface area contributed by atoms with Gasteiger partial charge in [0.15, 0.2) is 6.61 Å². The van der Waals surface area contributed by atoms with E-state index in [1.165, 1.54) is 14.1 Å². The van der Waals surface area contributed by atoms with Gasteiger partial charge < -0.3 is 20.3 Å². The number of amides is 5. The zero-order chi connectivity index (χ0) is 20.9. The zero-order valence-corrected chi connectivity index (χ0v) is 15.9. The molecule has 5 amide bonds. The van der Waals surface area contributed by atoms with E-state index in [0.29, 0.717) is 5.56 Å². The van der Waals surface area contributed by atoms with Crippen LogP contribution in [-0.4, -0.2) is 73.3 Å². The third-order valence-corrected chi connectivity index (χ3v) is 4.36. The van der Waals surface area contributed by atoms with Crippen LogP contribution in [0.2, 0.25) is 0 Å². The molecule has 0 radical (unpaired) electrons. The van der Waals surface area contributed by atoms with Crippen LogP contribution in [-0.2, 0) is 29.5 Å². The lowest BCUT2D eigenvalue weighted by Crippen LogP contribution is -2.42. The van der Waals surface area contributed by atoms with Crippen molar-refractivity contribution in [2.45, 2.75) is 12.5 Å². The van der Waals surface area contributed by atoms with Crippen molar-refractivity contribution in [3.8, 4) is 0 Å². The van der Waals surface area contributed by atoms with Gasteiger partial charge in [0.1, 0.15) is 12.1 Å². The number of likely N-dealkylation sites (N-methyl/N-ethyl adjacent to an activating group) is 2. The molecule has 1 atom stereocenters. The van der Waals surface area contributed by atoms with E-state index in [-0.39, 0.29) is 12.5 Å². The maximum absolute atomic E-state index is 12.7. The summed E-state index contributed by atoms with van der Waals surface area (Å²) in [7, 11) is 2.82. The van der Waals surface area contributed by atoms with E-state index in [0.717, 1.165) is 9.80 Å². The van der Waals surface area contributed by atoms with Gasteiger partial charge in [0.2, 0.25) is 5.91 Å². The average molecular weight is 390 g/mol. The number of imide groups is 1. The van der Waals surface area contributed by atoms with Gasteiger partial charge in [-0.1, -0.05) is 30.3 Å². The van der Waals surface area contributed by atoms with Crippen molar-refractivity contribution < 1.29 is 28.7 Å². The Balaban J connectivity index is 1.93. The normalized spacial score (nSPS) is 18.5. The first-order chi connectivity index (χ1) is 13.2. The Bertz CT molecular complexity index is 797. The minimum atomic E-state index is -1.29. The van der Waals surface area contributed by atoms with Crippen molar-refractivity contribution in [3.05, 3.63) is 35.9 Å². The third-order valence-electron chi connectivity index (χ3n) is 4.36. The predicted octanol–water partition coefficient (Wildman–Crippen LogP) is -0.799. The maximum Gasteiger partial charge on any atom is 0.326 e. The lowest BCUT2D eigenvalue weighted by Gasteiger charge is -2.22. The number of urea groups is 1. The van der Waals surface area contributed by atoms with Gasteiger partial charge in [-0.25, -0.2) is 4.79 Å². The van der Waals surface area contributed by atoms with E-state index < -0.39 is 42.5 Å². The predicted molar refractivity (Wildman–Crippen MR) is 96.7 cm³/mol. The highest BCUT2D eigenvalue weighted by molar-refractivity contribution is 6.08. The van der Waals surface area contributed by atoms with Crippen LogP contribution in [0.3, 0.4) is 0 Å². The van der Waals surface area contributed by atoms with Crippen LogP contribution < -0.4 is 10.6 Å². The van der Waals surface area contributed by atoms with Crippen molar-refractivity contribution >= 4 is 29.7 Å². The molecule has 0 aromatic heterocycles. The summed E-state index contributed by atoms with van der Waals surface area (Å²) in [4.78, 5) is 61.8. The van der Waals surface area contributed by atoms with Gasteiger partial charge in [-0.05, 0) is 12.5 Å². The molecule has 0 saturated carbocycles. The molecule has 1 aromatic rings. The molecule has 0 unspecified atom stereocenters. The van der Waals surface area contributed by atoms with Gasteiger partial charge in [-0.3, -0.25) is 24.1 Å². The highest BCUT2D eigenvalue weighted by Gasteiger charge is 2.49. The Labute approximate surface area is 161 Å². The first-order valence-electron chi connectivity index (χ1n) is 8.49. The minimum Gasteiger partial charge on any atom is -0.454 e. The number of ether oxygens (including phenoxy) is 1. The molecule has 0 aliphatic carbocycles. The smallest absolute Gasteiger partial charge is 0.326 e. The fourth-order valence-electron chi connectivity index (χ4n) is 2.62. The van der Waals surface area contributed by atoms with Crippen LogP contribution in [0.25, 0.3) is 0 Å². The fourth-order valence-corrected chi connectivity index (χ4v) is 2.62. The summed E-state index contributed by atoms with van der Waals surface area (Å²) >= 11 is 0. The van der Waals surface area contributed by atoms with E-state index in [1.54, 1.807) is 37.3 Å². The van der Waals surface area contributed by atoms with E-state index in [2.05, 4.69) is 10.6 Å². The maximum atomic E-state index is 12.7. The number of carbonyl (C=O) groups excluding carboxylic acids is 5. The summed E-state index contributed by atoms with van der Waals surface area (Å²) in [6, 6.07) is 7.91. The highest BCUT2D eigenvalue weighted by Crippen LogP contribution is 2.28. The van der Waals surface area contributed by atoms with E-state index in [1.807, 2.05) is 0 Å².